The monoisotopic (exact) mass is 646 g/mol. The molecule has 3 aromatic carbocycles. The van der Waals surface area contributed by atoms with Crippen molar-refractivity contribution in [2.24, 2.45) is 0 Å². The van der Waals surface area contributed by atoms with Gasteiger partial charge in [-0.2, -0.15) is 22.8 Å². The average molecular weight is 648 g/mol. The second kappa shape index (κ2) is 11.8. The van der Waals surface area contributed by atoms with Crippen LogP contribution in [0.1, 0.15) is 16.7 Å². The number of nitrogens with one attached hydrogen (secondary N) is 3. The van der Waals surface area contributed by atoms with E-state index in [0.717, 1.165) is 27.2 Å². The van der Waals surface area contributed by atoms with Crippen LogP contribution in [0.25, 0.3) is 16.9 Å². The average Bonchev–Trinajstić information content (AvgIpc) is 3.32. The van der Waals surface area contributed by atoms with Crippen LogP contribution in [0.15, 0.2) is 83.5 Å². The molecule has 0 saturated heterocycles. The number of urea groups is 1. The van der Waals surface area contributed by atoms with E-state index in [1.165, 1.54) is 0 Å². The van der Waals surface area contributed by atoms with Gasteiger partial charge in [0, 0.05) is 35.4 Å². The molecule has 5 rings (SSSR count). The van der Waals surface area contributed by atoms with E-state index >= 15 is 0 Å². The number of aromatic nitrogens is 3. The Morgan fingerprint density at radius 2 is 1.68 bits per heavy atom. The topological polar surface area (TPSA) is 83.3 Å². The molecule has 5 aromatic rings. The van der Waals surface area contributed by atoms with Crippen molar-refractivity contribution < 1.29 is 22.4 Å². The SMILES string of the molecule is O=C(NCc1ccc(CNc2cc(-c3ccccc3Cl)nc3c(Br)cnn23)cc1)Nc1ccc(F)c(C(F)(F)F)c1. The summed E-state index contributed by atoms with van der Waals surface area (Å²) in [4.78, 5) is 16.9. The molecular formula is C28H20BrClF4N6O. The van der Waals surface area contributed by atoms with Crippen LogP contribution in [0.4, 0.5) is 33.9 Å². The van der Waals surface area contributed by atoms with Crippen LogP contribution < -0.4 is 16.0 Å². The lowest BCUT2D eigenvalue weighted by Crippen LogP contribution is -2.28. The quantitative estimate of drug-likeness (QED) is 0.157. The summed E-state index contributed by atoms with van der Waals surface area (Å²) in [7, 11) is 0. The molecule has 2 amide bonds. The van der Waals surface area contributed by atoms with E-state index in [-0.39, 0.29) is 12.2 Å². The van der Waals surface area contributed by atoms with Gasteiger partial charge in [-0.3, -0.25) is 0 Å². The van der Waals surface area contributed by atoms with Crippen LogP contribution >= 0.6 is 27.5 Å². The number of halogens is 6. The molecule has 2 heterocycles. The van der Waals surface area contributed by atoms with E-state index in [1.807, 2.05) is 48.5 Å². The Kier molecular flexibility index (Phi) is 8.13. The van der Waals surface area contributed by atoms with Crippen LogP contribution in [0.5, 0.6) is 0 Å². The van der Waals surface area contributed by atoms with Crippen LogP contribution in [0.3, 0.4) is 0 Å². The van der Waals surface area contributed by atoms with E-state index in [0.29, 0.717) is 40.9 Å². The molecule has 0 bridgehead atoms. The van der Waals surface area contributed by atoms with Crippen molar-refractivity contribution in [1.82, 2.24) is 19.9 Å². The number of carbonyl (C=O) groups excluding carboxylic acids is 1. The molecule has 13 heteroatoms. The van der Waals surface area contributed by atoms with Gasteiger partial charge in [-0.25, -0.2) is 14.2 Å². The van der Waals surface area contributed by atoms with Crippen molar-refractivity contribution in [3.63, 3.8) is 0 Å². The van der Waals surface area contributed by atoms with E-state index in [4.69, 9.17) is 16.6 Å². The molecule has 3 N–H and O–H groups in total. The number of alkyl halides is 3. The van der Waals surface area contributed by atoms with E-state index in [1.54, 1.807) is 16.8 Å². The Labute approximate surface area is 244 Å². The standard InChI is InChI=1S/C28H20BrClF4N6O/c29-21-15-37-40-25(12-24(39-26(21)40)19-3-1-2-4-22(19)30)35-13-16-5-7-17(8-6-16)14-36-27(41)38-18-9-10-23(31)20(11-18)28(32,33)34/h1-12,15,35H,13-14H2,(H2,36,38,41). The first-order chi connectivity index (χ1) is 19.6. The summed E-state index contributed by atoms with van der Waals surface area (Å²) in [6, 6.07) is 18.2. The van der Waals surface area contributed by atoms with Crippen molar-refractivity contribution in [3.05, 3.63) is 111 Å². The highest BCUT2D eigenvalue weighted by Gasteiger charge is 2.34. The smallest absolute Gasteiger partial charge is 0.366 e. The van der Waals surface area contributed by atoms with Crippen LogP contribution in [0, 0.1) is 5.82 Å². The fraction of sp³-hybridized carbons (Fsp3) is 0.107. The molecule has 210 valence electrons. The number of hydrogen-bond acceptors (Lipinski definition) is 4. The highest BCUT2D eigenvalue weighted by atomic mass is 79.9. The van der Waals surface area contributed by atoms with Crippen LogP contribution in [0.2, 0.25) is 5.02 Å². The molecule has 0 aliphatic rings. The maximum Gasteiger partial charge on any atom is 0.419 e. The number of rotatable bonds is 7. The van der Waals surface area contributed by atoms with E-state index < -0.39 is 23.6 Å². The summed E-state index contributed by atoms with van der Waals surface area (Å²) in [5.74, 6) is -0.711. The van der Waals surface area contributed by atoms with Crippen molar-refractivity contribution >= 4 is 50.7 Å². The summed E-state index contributed by atoms with van der Waals surface area (Å²) < 4.78 is 54.6. The van der Waals surface area contributed by atoms with Crippen LogP contribution in [-0.2, 0) is 19.3 Å². The fourth-order valence-corrected chi connectivity index (χ4v) is 4.60. The van der Waals surface area contributed by atoms with Gasteiger partial charge in [0.25, 0.3) is 0 Å². The second-order valence-electron chi connectivity index (χ2n) is 8.90. The van der Waals surface area contributed by atoms with Gasteiger partial charge in [0.05, 0.1) is 21.9 Å². The lowest BCUT2D eigenvalue weighted by atomic mass is 10.1. The molecule has 0 unspecified atom stereocenters. The first kappa shape index (κ1) is 28.4. The normalized spacial score (nSPS) is 11.5. The maximum absolute atomic E-state index is 13.5. The highest BCUT2D eigenvalue weighted by molar-refractivity contribution is 9.10. The molecule has 0 aliphatic heterocycles. The number of amides is 2. The van der Waals surface area contributed by atoms with Crippen LogP contribution in [-0.4, -0.2) is 20.6 Å². The third-order valence-corrected chi connectivity index (χ3v) is 6.95. The number of fused-ring (bicyclic) bond motifs is 1. The minimum atomic E-state index is -4.87. The zero-order chi connectivity index (χ0) is 29.1. The molecule has 2 aromatic heterocycles. The number of benzene rings is 3. The zero-order valence-electron chi connectivity index (χ0n) is 20.9. The Balaban J connectivity index is 1.22. The highest BCUT2D eigenvalue weighted by Crippen LogP contribution is 2.33. The summed E-state index contributed by atoms with van der Waals surface area (Å²) in [5, 5.41) is 13.2. The predicted molar refractivity (Wildman–Crippen MR) is 152 cm³/mol. The third kappa shape index (κ3) is 6.60. The lowest BCUT2D eigenvalue weighted by Gasteiger charge is -2.13. The summed E-state index contributed by atoms with van der Waals surface area (Å²) in [6.45, 7) is 0.583. The molecule has 0 saturated carbocycles. The Hall–Kier alpha value is -4.16. The van der Waals surface area contributed by atoms with Crippen molar-refractivity contribution in [2.75, 3.05) is 10.6 Å². The third-order valence-electron chi connectivity index (χ3n) is 6.06. The molecule has 0 aliphatic carbocycles. The number of hydrogen-bond donors (Lipinski definition) is 3. The molecule has 7 nitrogen and oxygen atoms in total. The zero-order valence-corrected chi connectivity index (χ0v) is 23.3. The van der Waals surface area contributed by atoms with Gasteiger partial charge < -0.3 is 16.0 Å². The number of anilines is 2. The van der Waals surface area contributed by atoms with E-state index in [2.05, 4.69) is 37.0 Å². The minimum Gasteiger partial charge on any atom is -0.366 e. The Morgan fingerprint density at radius 1 is 0.976 bits per heavy atom. The Morgan fingerprint density at radius 3 is 2.39 bits per heavy atom. The van der Waals surface area contributed by atoms with Gasteiger partial charge in [-0.15, -0.1) is 0 Å². The predicted octanol–water partition coefficient (Wildman–Crippen LogP) is 7.90. The molecule has 41 heavy (non-hydrogen) atoms. The second-order valence-corrected chi connectivity index (χ2v) is 10.2. The molecule has 0 radical (unpaired) electrons. The van der Waals surface area contributed by atoms with Gasteiger partial charge in [0.2, 0.25) is 0 Å². The van der Waals surface area contributed by atoms with E-state index in [9.17, 15) is 22.4 Å². The summed E-state index contributed by atoms with van der Waals surface area (Å²) in [5.41, 5.74) is 2.18. The number of carbonyl (C=O) groups is 1. The van der Waals surface area contributed by atoms with Gasteiger partial charge in [-0.05, 0) is 51.3 Å². The maximum atomic E-state index is 13.5. The van der Waals surface area contributed by atoms with Crippen molar-refractivity contribution in [2.45, 2.75) is 19.3 Å². The largest absolute Gasteiger partial charge is 0.419 e. The first-order valence-corrected chi connectivity index (χ1v) is 13.3. The van der Waals surface area contributed by atoms with Gasteiger partial charge in [-0.1, -0.05) is 54.1 Å². The molecular weight excluding hydrogens is 628 g/mol. The molecule has 0 spiro atoms. The van der Waals surface area contributed by atoms with Crippen molar-refractivity contribution in [3.8, 4) is 11.3 Å². The fourth-order valence-electron chi connectivity index (χ4n) is 4.01. The summed E-state index contributed by atoms with van der Waals surface area (Å²) >= 11 is 9.88. The molecule has 0 atom stereocenters. The van der Waals surface area contributed by atoms with Gasteiger partial charge >= 0.3 is 12.2 Å². The lowest BCUT2D eigenvalue weighted by molar-refractivity contribution is -0.139. The van der Waals surface area contributed by atoms with Gasteiger partial charge in [0.15, 0.2) is 5.65 Å². The van der Waals surface area contributed by atoms with Crippen molar-refractivity contribution in [1.29, 1.82) is 0 Å². The molecule has 0 fully saturated rings. The van der Waals surface area contributed by atoms with Gasteiger partial charge in [0.1, 0.15) is 11.6 Å². The number of nitrogens with zero attached hydrogens (tertiary/aromatic N) is 3. The summed E-state index contributed by atoms with van der Waals surface area (Å²) in [6.07, 6.45) is -3.21. The minimum absolute atomic E-state index is 0.125. The first-order valence-electron chi connectivity index (χ1n) is 12.1. The Bertz CT molecular complexity index is 1730.